The predicted octanol–water partition coefficient (Wildman–Crippen LogP) is 2.88. The van der Waals surface area contributed by atoms with Gasteiger partial charge < -0.3 is 15.0 Å². The zero-order valence-electron chi connectivity index (χ0n) is 16.6. The minimum Gasteiger partial charge on any atom is -0.390 e. The Balaban J connectivity index is 1.44. The maximum atomic E-state index is 14.4. The number of carbonyl (C=O) groups is 1. The molecular formula is C21H17F2N7O2. The third-order valence-electron chi connectivity index (χ3n) is 5.15. The highest BCUT2D eigenvalue weighted by atomic mass is 19.1. The van der Waals surface area contributed by atoms with Gasteiger partial charge in [0.2, 0.25) is 0 Å². The number of nitrogens with one attached hydrogen (secondary N) is 1. The van der Waals surface area contributed by atoms with Gasteiger partial charge in [-0.25, -0.2) is 18.7 Å². The van der Waals surface area contributed by atoms with Gasteiger partial charge in [0, 0.05) is 12.1 Å². The van der Waals surface area contributed by atoms with Crippen molar-refractivity contribution in [1.29, 1.82) is 0 Å². The lowest BCUT2D eigenvalue weighted by atomic mass is 10.1. The third kappa shape index (κ3) is 3.62. The Bertz CT molecular complexity index is 1310. The summed E-state index contributed by atoms with van der Waals surface area (Å²) in [7, 11) is 0. The lowest BCUT2D eigenvalue weighted by molar-refractivity contribution is 0.102. The minimum atomic E-state index is -1.03. The molecule has 1 amide bonds. The van der Waals surface area contributed by atoms with Crippen LogP contribution in [0.1, 0.15) is 34.9 Å². The maximum absolute atomic E-state index is 14.4. The summed E-state index contributed by atoms with van der Waals surface area (Å²) >= 11 is 0. The molecule has 11 heteroatoms. The summed E-state index contributed by atoms with van der Waals surface area (Å²) in [4.78, 5) is 21.0. The summed E-state index contributed by atoms with van der Waals surface area (Å²) < 4.78 is 32.0. The summed E-state index contributed by atoms with van der Waals surface area (Å²) in [6.07, 6.45) is 6.35. The molecule has 2 N–H and O–H groups in total. The highest BCUT2D eigenvalue weighted by Crippen LogP contribution is 2.37. The number of rotatable bonds is 6. The Hall–Kier alpha value is -3.99. The van der Waals surface area contributed by atoms with Crippen LogP contribution < -0.4 is 5.32 Å². The summed E-state index contributed by atoms with van der Waals surface area (Å²) in [5.74, 6) is -1.97. The van der Waals surface area contributed by atoms with Gasteiger partial charge in [-0.15, -0.1) is 10.2 Å². The van der Waals surface area contributed by atoms with Crippen molar-refractivity contribution in [3.05, 3.63) is 72.1 Å². The molecule has 1 aliphatic rings. The van der Waals surface area contributed by atoms with Gasteiger partial charge in [-0.1, -0.05) is 6.07 Å². The summed E-state index contributed by atoms with van der Waals surface area (Å²) in [6, 6.07) is 7.02. The molecule has 0 aliphatic heterocycles. The Kier molecular flexibility index (Phi) is 4.94. The lowest BCUT2D eigenvalue weighted by Crippen LogP contribution is -2.16. The van der Waals surface area contributed by atoms with Crippen LogP contribution in [-0.4, -0.2) is 40.3 Å². The molecule has 9 nitrogen and oxygen atoms in total. The molecule has 0 spiro atoms. The standard InChI is InChI=1S/C21H17F2N7O2/c22-15-7-16(23)18(29-10-24-8-13(29)9-31)6-14(15)21(32)27-19-3-1-2-17(26-19)20-28-25-11-30(20)12-4-5-12/h1-3,6-8,10-12,31H,4-5,9H2,(H,26,27,32). The number of amides is 1. The topological polar surface area (TPSA) is 111 Å². The second kappa shape index (κ2) is 7.93. The molecule has 162 valence electrons. The molecule has 0 unspecified atom stereocenters. The van der Waals surface area contributed by atoms with Gasteiger partial charge in [-0.05, 0) is 31.0 Å². The van der Waals surface area contributed by atoms with E-state index in [0.717, 1.165) is 18.9 Å². The highest BCUT2D eigenvalue weighted by molar-refractivity contribution is 6.04. The van der Waals surface area contributed by atoms with Crippen LogP contribution in [0, 0.1) is 11.6 Å². The van der Waals surface area contributed by atoms with Crippen LogP contribution in [0.15, 0.2) is 49.2 Å². The van der Waals surface area contributed by atoms with Crippen LogP contribution in [-0.2, 0) is 6.61 Å². The molecule has 1 aromatic carbocycles. The van der Waals surface area contributed by atoms with Gasteiger partial charge in [-0.3, -0.25) is 9.36 Å². The normalized spacial score (nSPS) is 13.3. The van der Waals surface area contributed by atoms with Gasteiger partial charge in [0.15, 0.2) is 5.82 Å². The number of hydrogen-bond acceptors (Lipinski definition) is 6. The van der Waals surface area contributed by atoms with Crippen LogP contribution in [0.5, 0.6) is 0 Å². The van der Waals surface area contributed by atoms with Crippen molar-refractivity contribution in [2.45, 2.75) is 25.5 Å². The minimum absolute atomic E-state index is 0.114. The van der Waals surface area contributed by atoms with E-state index in [1.807, 2.05) is 4.57 Å². The Labute approximate surface area is 180 Å². The van der Waals surface area contributed by atoms with Crippen LogP contribution in [0.2, 0.25) is 0 Å². The molecule has 1 aliphatic carbocycles. The number of anilines is 1. The quantitative estimate of drug-likeness (QED) is 0.480. The van der Waals surface area contributed by atoms with Gasteiger partial charge in [0.25, 0.3) is 5.91 Å². The second-order valence-electron chi connectivity index (χ2n) is 7.35. The maximum Gasteiger partial charge on any atom is 0.259 e. The molecule has 3 heterocycles. The van der Waals surface area contributed by atoms with Crippen molar-refractivity contribution in [2.75, 3.05) is 5.32 Å². The van der Waals surface area contributed by atoms with E-state index in [2.05, 4.69) is 25.5 Å². The number of carbonyl (C=O) groups excluding carboxylic acids is 1. The molecule has 0 radical (unpaired) electrons. The first-order chi connectivity index (χ1) is 15.5. The fourth-order valence-corrected chi connectivity index (χ4v) is 3.41. The first-order valence-corrected chi connectivity index (χ1v) is 9.85. The van der Waals surface area contributed by atoms with Crippen molar-refractivity contribution in [1.82, 2.24) is 29.3 Å². The molecule has 32 heavy (non-hydrogen) atoms. The van der Waals surface area contributed by atoms with Crippen molar-refractivity contribution in [3.8, 4) is 17.2 Å². The predicted molar refractivity (Wildman–Crippen MR) is 109 cm³/mol. The molecule has 1 saturated carbocycles. The zero-order valence-corrected chi connectivity index (χ0v) is 16.6. The molecule has 0 saturated heterocycles. The van der Waals surface area contributed by atoms with Gasteiger partial charge in [-0.2, -0.15) is 0 Å². The lowest BCUT2D eigenvalue weighted by Gasteiger charge is -2.12. The molecule has 0 atom stereocenters. The number of pyridine rings is 1. The van der Waals surface area contributed by atoms with Crippen molar-refractivity contribution >= 4 is 11.7 Å². The molecule has 0 bridgehead atoms. The van der Waals surface area contributed by atoms with E-state index in [0.29, 0.717) is 23.6 Å². The first-order valence-electron chi connectivity index (χ1n) is 9.85. The van der Waals surface area contributed by atoms with Crippen LogP contribution in [0.4, 0.5) is 14.6 Å². The van der Waals surface area contributed by atoms with E-state index in [-0.39, 0.29) is 22.8 Å². The molecule has 4 aromatic rings. The van der Waals surface area contributed by atoms with Gasteiger partial charge in [0.1, 0.15) is 29.5 Å². The number of aromatic nitrogens is 6. The number of nitrogens with zero attached hydrogens (tertiary/aromatic N) is 6. The average Bonchev–Trinajstić information content (AvgIpc) is 3.31. The van der Waals surface area contributed by atoms with E-state index in [1.54, 1.807) is 24.5 Å². The largest absolute Gasteiger partial charge is 0.390 e. The van der Waals surface area contributed by atoms with E-state index in [4.69, 9.17) is 0 Å². The van der Waals surface area contributed by atoms with E-state index >= 15 is 0 Å². The number of benzene rings is 1. The molecular weight excluding hydrogens is 420 g/mol. The molecule has 5 rings (SSSR count). The van der Waals surface area contributed by atoms with Gasteiger partial charge in [0.05, 0.1) is 36.1 Å². The fourth-order valence-electron chi connectivity index (χ4n) is 3.41. The smallest absolute Gasteiger partial charge is 0.259 e. The number of hydrogen-bond donors (Lipinski definition) is 2. The van der Waals surface area contributed by atoms with Crippen LogP contribution in [0.25, 0.3) is 17.2 Å². The van der Waals surface area contributed by atoms with E-state index in [1.165, 1.54) is 17.1 Å². The second-order valence-corrected chi connectivity index (χ2v) is 7.35. The average molecular weight is 437 g/mol. The Morgan fingerprint density at radius 3 is 2.81 bits per heavy atom. The summed E-state index contributed by atoms with van der Waals surface area (Å²) in [5, 5.41) is 20.0. The molecule has 1 fully saturated rings. The Morgan fingerprint density at radius 2 is 2.03 bits per heavy atom. The van der Waals surface area contributed by atoms with Gasteiger partial charge >= 0.3 is 0 Å². The van der Waals surface area contributed by atoms with E-state index < -0.39 is 24.1 Å². The number of imidazole rings is 1. The Morgan fingerprint density at radius 1 is 1.19 bits per heavy atom. The number of halogens is 2. The summed E-state index contributed by atoms with van der Waals surface area (Å²) in [5.41, 5.74) is 0.305. The van der Waals surface area contributed by atoms with E-state index in [9.17, 15) is 18.7 Å². The fraction of sp³-hybridized carbons (Fsp3) is 0.190. The van der Waals surface area contributed by atoms with Crippen LogP contribution >= 0.6 is 0 Å². The van der Waals surface area contributed by atoms with Crippen molar-refractivity contribution in [2.24, 2.45) is 0 Å². The number of aliphatic hydroxyl groups is 1. The van der Waals surface area contributed by atoms with Crippen LogP contribution in [0.3, 0.4) is 0 Å². The first kappa shape index (κ1) is 19.9. The molecule has 3 aromatic heterocycles. The zero-order chi connectivity index (χ0) is 22.2. The summed E-state index contributed by atoms with van der Waals surface area (Å²) in [6.45, 7) is -0.402. The SMILES string of the molecule is O=C(Nc1cccc(-c2nncn2C2CC2)n1)c1cc(-n2cncc2CO)c(F)cc1F. The van der Waals surface area contributed by atoms with Crippen molar-refractivity contribution < 1.29 is 18.7 Å². The highest BCUT2D eigenvalue weighted by Gasteiger charge is 2.27. The number of aliphatic hydroxyl groups excluding tert-OH is 1. The third-order valence-corrected chi connectivity index (χ3v) is 5.15. The van der Waals surface area contributed by atoms with Crippen molar-refractivity contribution in [3.63, 3.8) is 0 Å². The monoisotopic (exact) mass is 437 g/mol.